The molecule has 0 aliphatic carbocycles. The van der Waals surface area contributed by atoms with Crippen molar-refractivity contribution in [3.05, 3.63) is 63.7 Å². The van der Waals surface area contributed by atoms with E-state index in [0.29, 0.717) is 36.0 Å². The molecule has 3 N–H and O–H groups in total. The molecule has 5 atom stereocenters. The highest BCUT2D eigenvalue weighted by atomic mass is 35.5. The van der Waals surface area contributed by atoms with Gasteiger partial charge in [-0.3, -0.25) is 0 Å². The van der Waals surface area contributed by atoms with E-state index in [1.54, 1.807) is 6.07 Å². The zero-order valence-electron chi connectivity index (χ0n) is 19.0. The van der Waals surface area contributed by atoms with Crippen molar-refractivity contribution in [2.75, 3.05) is 19.8 Å². The number of fused-ring (bicyclic) bond motifs is 4. The first-order valence-electron chi connectivity index (χ1n) is 11.8. The van der Waals surface area contributed by atoms with Gasteiger partial charge in [0.2, 0.25) is 0 Å². The van der Waals surface area contributed by atoms with Gasteiger partial charge < -0.3 is 29.5 Å². The first-order chi connectivity index (χ1) is 16.0. The Morgan fingerprint density at radius 2 is 1.64 bits per heavy atom. The minimum atomic E-state index is -1.36. The molecular weight excluding hydrogens is 444 g/mol. The monoisotopic (exact) mass is 476 g/mol. The fourth-order valence-corrected chi connectivity index (χ4v) is 4.64. The van der Waals surface area contributed by atoms with Crippen LogP contribution in [0.5, 0.6) is 5.75 Å². The maximum Gasteiger partial charge on any atom is 0.126 e. The second kappa shape index (κ2) is 11.2. The smallest absolute Gasteiger partial charge is 0.126 e. The largest absolute Gasteiger partial charge is 0.493 e. The van der Waals surface area contributed by atoms with Crippen LogP contribution in [0.4, 0.5) is 0 Å². The first kappa shape index (κ1) is 24.5. The minimum absolute atomic E-state index is 0.141. The van der Waals surface area contributed by atoms with Gasteiger partial charge in [0.15, 0.2) is 0 Å². The number of hydrogen-bond acceptors (Lipinski definition) is 6. The van der Waals surface area contributed by atoms with Crippen LogP contribution in [-0.2, 0) is 22.3 Å². The van der Waals surface area contributed by atoms with Gasteiger partial charge in [-0.15, -0.1) is 0 Å². The van der Waals surface area contributed by atoms with Crippen LogP contribution >= 0.6 is 11.6 Å². The van der Waals surface area contributed by atoms with E-state index >= 15 is 0 Å². The summed E-state index contributed by atoms with van der Waals surface area (Å²) >= 11 is 6.65. The summed E-state index contributed by atoms with van der Waals surface area (Å²) in [5.74, 6) is 0.525. The second-order valence-corrected chi connectivity index (χ2v) is 9.29. The van der Waals surface area contributed by atoms with Crippen LogP contribution in [0.25, 0.3) is 0 Å². The van der Waals surface area contributed by atoms with Crippen molar-refractivity contribution in [2.45, 2.75) is 69.5 Å². The van der Waals surface area contributed by atoms with E-state index in [1.165, 1.54) is 5.56 Å². The lowest BCUT2D eigenvalue weighted by Gasteiger charge is -2.41. The Morgan fingerprint density at radius 3 is 2.39 bits per heavy atom. The number of aliphatic hydroxyl groups is 3. The molecule has 180 valence electrons. The number of hydrogen-bond donors (Lipinski definition) is 3. The van der Waals surface area contributed by atoms with E-state index in [1.807, 2.05) is 6.07 Å². The lowest BCUT2D eigenvalue weighted by molar-refractivity contribution is -0.235. The van der Waals surface area contributed by atoms with Crippen molar-refractivity contribution in [3.8, 4) is 5.75 Å². The molecule has 0 saturated carbocycles. The van der Waals surface area contributed by atoms with Crippen LogP contribution in [0.2, 0.25) is 5.02 Å². The molecule has 6 nitrogen and oxygen atoms in total. The van der Waals surface area contributed by atoms with Crippen LogP contribution in [0.3, 0.4) is 0 Å². The zero-order valence-corrected chi connectivity index (χ0v) is 19.7. The number of aliphatic hydroxyl groups excluding tert-OH is 3. The first-order valence-corrected chi connectivity index (χ1v) is 12.2. The van der Waals surface area contributed by atoms with Gasteiger partial charge in [-0.25, -0.2) is 0 Å². The molecule has 0 radical (unpaired) electrons. The highest BCUT2D eigenvalue weighted by Gasteiger charge is 2.45. The summed E-state index contributed by atoms with van der Waals surface area (Å²) in [6.07, 6.45) is -1.32. The highest BCUT2D eigenvalue weighted by molar-refractivity contribution is 6.31. The van der Waals surface area contributed by atoms with Crippen molar-refractivity contribution in [3.63, 3.8) is 0 Å². The molecule has 2 aliphatic rings. The highest BCUT2D eigenvalue weighted by Crippen LogP contribution is 2.40. The predicted molar refractivity (Wildman–Crippen MR) is 126 cm³/mol. The third-order valence-corrected chi connectivity index (χ3v) is 6.85. The number of aryl methyl sites for hydroxylation is 1. The molecular formula is C26H33ClO6. The third kappa shape index (κ3) is 5.70. The van der Waals surface area contributed by atoms with E-state index < -0.39 is 30.5 Å². The molecule has 0 unspecified atom stereocenters. The molecule has 1 saturated heterocycles. The third-order valence-electron chi connectivity index (χ3n) is 6.50. The Morgan fingerprint density at radius 1 is 0.909 bits per heavy atom. The minimum Gasteiger partial charge on any atom is -0.493 e. The topological polar surface area (TPSA) is 88.4 Å². The Balaban J connectivity index is 1.69. The normalized spacial score (nSPS) is 28.6. The van der Waals surface area contributed by atoms with Gasteiger partial charge in [0.25, 0.3) is 0 Å². The SMILES string of the molecule is CCc1ccc(Cc2cc3c(cc2Cl)OCCCCCOC[C@H]2O[C@@H]3[C@H](O)[C@@H](O)[C@@H]2O)cc1. The van der Waals surface area contributed by atoms with Crippen molar-refractivity contribution >= 4 is 11.6 Å². The van der Waals surface area contributed by atoms with Crippen LogP contribution in [0.15, 0.2) is 36.4 Å². The van der Waals surface area contributed by atoms with Crippen molar-refractivity contribution in [1.29, 1.82) is 0 Å². The average Bonchev–Trinajstić information content (AvgIpc) is 2.83. The summed E-state index contributed by atoms with van der Waals surface area (Å²) in [5.41, 5.74) is 3.87. The Labute approximate surface area is 200 Å². The summed E-state index contributed by atoms with van der Waals surface area (Å²) in [4.78, 5) is 0. The van der Waals surface area contributed by atoms with E-state index in [0.717, 1.165) is 36.8 Å². The van der Waals surface area contributed by atoms with E-state index in [2.05, 4.69) is 31.2 Å². The molecule has 33 heavy (non-hydrogen) atoms. The van der Waals surface area contributed by atoms with Gasteiger partial charge >= 0.3 is 0 Å². The quantitative estimate of drug-likeness (QED) is 0.627. The molecule has 0 aromatic heterocycles. The van der Waals surface area contributed by atoms with Crippen LogP contribution in [-0.4, -0.2) is 59.6 Å². The van der Waals surface area contributed by atoms with Crippen molar-refractivity contribution < 1.29 is 29.5 Å². The van der Waals surface area contributed by atoms with Gasteiger partial charge in [-0.1, -0.05) is 42.8 Å². The van der Waals surface area contributed by atoms with Gasteiger partial charge in [0.1, 0.15) is 36.3 Å². The standard InChI is InChI=1S/C26H33ClO6/c1-2-16-6-8-17(9-7-16)12-18-13-19-21(14-20(18)27)32-11-5-3-4-10-31-15-22-23(28)24(29)25(30)26(19)33-22/h6-9,13-14,22-26,28-30H,2-5,10-12,15H2,1H3/t22-,23-,24+,25-,26+/m1/s1. The molecule has 1 fully saturated rings. The summed E-state index contributed by atoms with van der Waals surface area (Å²) < 4.78 is 17.8. The molecule has 2 heterocycles. The lowest BCUT2D eigenvalue weighted by atomic mass is 9.89. The molecule has 4 rings (SSSR count). The number of halogens is 1. The van der Waals surface area contributed by atoms with Crippen LogP contribution in [0, 0.1) is 0 Å². The van der Waals surface area contributed by atoms with Crippen LogP contribution in [0.1, 0.15) is 54.5 Å². The molecule has 2 aromatic rings. The summed E-state index contributed by atoms with van der Waals surface area (Å²) in [6.45, 7) is 3.30. The fraction of sp³-hybridized carbons (Fsp3) is 0.538. The fourth-order valence-electron chi connectivity index (χ4n) is 4.42. The van der Waals surface area contributed by atoms with Gasteiger partial charge in [0.05, 0.1) is 13.2 Å². The maximum atomic E-state index is 10.8. The van der Waals surface area contributed by atoms with Crippen molar-refractivity contribution in [2.24, 2.45) is 0 Å². The van der Waals surface area contributed by atoms with Crippen molar-refractivity contribution in [1.82, 2.24) is 0 Å². The van der Waals surface area contributed by atoms with Gasteiger partial charge in [-0.2, -0.15) is 0 Å². The molecule has 0 spiro atoms. The number of rotatable bonds is 3. The zero-order chi connectivity index (χ0) is 23.4. The second-order valence-electron chi connectivity index (χ2n) is 8.88. The number of benzene rings is 2. The molecule has 2 bridgehead atoms. The van der Waals surface area contributed by atoms with E-state index in [4.69, 9.17) is 25.8 Å². The number of ether oxygens (including phenoxy) is 3. The summed E-state index contributed by atoms with van der Waals surface area (Å²) in [6, 6.07) is 12.1. The molecule has 7 heteroatoms. The lowest BCUT2D eigenvalue weighted by Crippen LogP contribution is -2.55. The maximum absolute atomic E-state index is 10.8. The van der Waals surface area contributed by atoms with E-state index in [9.17, 15) is 15.3 Å². The predicted octanol–water partition coefficient (Wildman–Crippen LogP) is 3.60. The van der Waals surface area contributed by atoms with E-state index in [-0.39, 0.29) is 6.61 Å². The molecule has 0 amide bonds. The van der Waals surface area contributed by atoms with Crippen LogP contribution < -0.4 is 4.74 Å². The van der Waals surface area contributed by atoms with Gasteiger partial charge in [-0.05, 0) is 60.9 Å². The molecule has 2 aromatic carbocycles. The Bertz CT molecular complexity index is 918. The summed E-state index contributed by atoms with van der Waals surface area (Å²) in [7, 11) is 0. The summed E-state index contributed by atoms with van der Waals surface area (Å²) in [5, 5.41) is 32.4. The Kier molecular flexibility index (Phi) is 8.28. The average molecular weight is 477 g/mol. The molecule has 2 aliphatic heterocycles. The van der Waals surface area contributed by atoms with Gasteiger partial charge in [0, 0.05) is 17.2 Å². The Hall–Kier alpha value is -1.67.